The molecule has 2 aromatic carbocycles. The summed E-state index contributed by atoms with van der Waals surface area (Å²) in [5.41, 5.74) is 2.22. The third kappa shape index (κ3) is 5.06. The van der Waals surface area contributed by atoms with Crippen LogP contribution < -0.4 is 4.90 Å². The number of rotatable bonds is 7. The summed E-state index contributed by atoms with van der Waals surface area (Å²) < 4.78 is 29.2. The van der Waals surface area contributed by atoms with E-state index in [0.717, 1.165) is 11.3 Å². The Morgan fingerprint density at radius 2 is 1.60 bits per heavy atom. The Bertz CT molecular complexity index is 810. The van der Waals surface area contributed by atoms with Gasteiger partial charge in [0.25, 0.3) is 0 Å². The molecule has 0 N–H and O–H groups in total. The largest absolute Gasteiger partial charge is 0.457 e. The van der Waals surface area contributed by atoms with Gasteiger partial charge < -0.3 is 9.64 Å². The number of ether oxygens (including phenoxy) is 1. The molecule has 6 heteroatoms. The van der Waals surface area contributed by atoms with Crippen LogP contribution in [0.4, 0.5) is 5.69 Å². The van der Waals surface area contributed by atoms with Crippen molar-refractivity contribution < 1.29 is 17.9 Å². The van der Waals surface area contributed by atoms with Crippen molar-refractivity contribution in [2.24, 2.45) is 0 Å². The zero-order valence-corrected chi connectivity index (χ0v) is 15.5. The van der Waals surface area contributed by atoms with E-state index < -0.39 is 15.8 Å². The summed E-state index contributed by atoms with van der Waals surface area (Å²) in [6, 6.07) is 13.6. The van der Waals surface area contributed by atoms with E-state index in [1.165, 1.54) is 0 Å². The van der Waals surface area contributed by atoms with Crippen LogP contribution in [0.3, 0.4) is 0 Å². The predicted molar refractivity (Wildman–Crippen MR) is 98.7 cm³/mol. The van der Waals surface area contributed by atoms with Crippen molar-refractivity contribution in [1.29, 1.82) is 0 Å². The third-order valence-electron chi connectivity index (χ3n) is 3.74. The highest BCUT2D eigenvalue weighted by molar-refractivity contribution is 7.91. The van der Waals surface area contributed by atoms with Crippen LogP contribution in [0.25, 0.3) is 0 Å². The number of carbonyl (C=O) groups is 1. The minimum absolute atomic E-state index is 0.0996. The van der Waals surface area contributed by atoms with Crippen molar-refractivity contribution >= 4 is 21.5 Å². The van der Waals surface area contributed by atoms with Crippen LogP contribution in [0.2, 0.25) is 0 Å². The van der Waals surface area contributed by atoms with E-state index in [1.54, 1.807) is 36.4 Å². The first-order valence-corrected chi connectivity index (χ1v) is 9.75. The van der Waals surface area contributed by atoms with Crippen LogP contribution >= 0.6 is 0 Å². The first kappa shape index (κ1) is 19.0. The normalized spacial score (nSPS) is 11.2. The van der Waals surface area contributed by atoms with Crippen LogP contribution in [-0.2, 0) is 21.2 Å². The summed E-state index contributed by atoms with van der Waals surface area (Å²) in [5, 5.41) is 0. The minimum atomic E-state index is -3.22. The number of hydrogen-bond donors (Lipinski definition) is 0. The maximum absolute atomic E-state index is 12.1. The third-order valence-corrected chi connectivity index (χ3v) is 5.68. The number of carbonyl (C=O) groups excluding carboxylic acids is 1. The van der Waals surface area contributed by atoms with Gasteiger partial charge in [-0.2, -0.15) is 0 Å². The predicted octanol–water partition coefficient (Wildman–Crippen LogP) is 3.29. The highest BCUT2D eigenvalue weighted by Crippen LogP contribution is 2.16. The molecule has 0 aromatic heterocycles. The van der Waals surface area contributed by atoms with Gasteiger partial charge in [0.05, 0.1) is 16.2 Å². The van der Waals surface area contributed by atoms with Crippen LogP contribution in [-0.4, -0.2) is 34.2 Å². The quantitative estimate of drug-likeness (QED) is 0.708. The maximum Gasteiger partial charge on any atom is 0.338 e. The molecular weight excluding hydrogens is 338 g/mol. The molecule has 0 fully saturated rings. The fourth-order valence-corrected chi connectivity index (χ4v) is 3.63. The van der Waals surface area contributed by atoms with Crippen LogP contribution in [0.15, 0.2) is 53.4 Å². The topological polar surface area (TPSA) is 63.7 Å². The lowest BCUT2D eigenvalue weighted by Crippen LogP contribution is -2.10. The summed E-state index contributed by atoms with van der Waals surface area (Å²) in [6.45, 7) is 1.93. The number of anilines is 1. The lowest BCUT2D eigenvalue weighted by molar-refractivity contribution is 0.0472. The van der Waals surface area contributed by atoms with Gasteiger partial charge in [0.1, 0.15) is 6.61 Å². The highest BCUT2D eigenvalue weighted by atomic mass is 32.2. The van der Waals surface area contributed by atoms with E-state index in [4.69, 9.17) is 4.74 Å². The van der Waals surface area contributed by atoms with Crippen LogP contribution in [0.1, 0.15) is 29.3 Å². The van der Waals surface area contributed by atoms with Gasteiger partial charge in [-0.15, -0.1) is 0 Å². The van der Waals surface area contributed by atoms with E-state index in [0.29, 0.717) is 16.9 Å². The molecule has 0 radical (unpaired) electrons. The van der Waals surface area contributed by atoms with E-state index in [-0.39, 0.29) is 12.4 Å². The van der Waals surface area contributed by atoms with E-state index >= 15 is 0 Å². The Balaban J connectivity index is 1.98. The molecule has 0 heterocycles. The second-order valence-corrected chi connectivity index (χ2v) is 8.09. The SMILES string of the molecule is CCCS(=O)(=O)c1ccc(COC(=O)c2ccc(N(C)C)cc2)cc1. The number of benzene rings is 2. The number of sulfone groups is 1. The fourth-order valence-electron chi connectivity index (χ4n) is 2.31. The van der Waals surface area contributed by atoms with Crippen molar-refractivity contribution in [1.82, 2.24) is 0 Å². The van der Waals surface area contributed by atoms with Crippen LogP contribution in [0, 0.1) is 0 Å². The summed E-state index contributed by atoms with van der Waals surface area (Å²) in [7, 11) is 0.632. The molecule has 0 aliphatic rings. The molecule has 25 heavy (non-hydrogen) atoms. The van der Waals surface area contributed by atoms with Gasteiger partial charge in [-0.1, -0.05) is 19.1 Å². The van der Waals surface area contributed by atoms with Crippen molar-refractivity contribution in [2.75, 3.05) is 24.7 Å². The molecule has 5 nitrogen and oxygen atoms in total. The summed E-state index contributed by atoms with van der Waals surface area (Å²) in [4.78, 5) is 14.3. The van der Waals surface area contributed by atoms with Crippen LogP contribution in [0.5, 0.6) is 0 Å². The molecule has 2 rings (SSSR count). The summed E-state index contributed by atoms with van der Waals surface area (Å²) in [5.74, 6) is -0.280. The standard InChI is InChI=1S/C19H23NO4S/c1-4-13-25(22,23)18-11-5-15(6-12-18)14-24-19(21)16-7-9-17(10-8-16)20(2)3/h5-12H,4,13-14H2,1-3H3. The second-order valence-electron chi connectivity index (χ2n) is 5.98. The van der Waals surface area contributed by atoms with Gasteiger partial charge in [0.2, 0.25) is 0 Å². The Hall–Kier alpha value is -2.34. The molecule has 0 saturated carbocycles. The van der Waals surface area contributed by atoms with E-state index in [2.05, 4.69) is 0 Å². The molecule has 0 aliphatic heterocycles. The first-order chi connectivity index (χ1) is 11.8. The average Bonchev–Trinajstić information content (AvgIpc) is 2.60. The molecule has 0 unspecified atom stereocenters. The Labute approximate surface area is 149 Å². The molecular formula is C19H23NO4S. The van der Waals surface area contributed by atoms with Gasteiger partial charge in [-0.3, -0.25) is 0 Å². The maximum atomic E-state index is 12.1. The number of nitrogens with zero attached hydrogens (tertiary/aromatic N) is 1. The lowest BCUT2D eigenvalue weighted by atomic mass is 10.2. The lowest BCUT2D eigenvalue weighted by Gasteiger charge is -2.12. The highest BCUT2D eigenvalue weighted by Gasteiger charge is 2.13. The first-order valence-electron chi connectivity index (χ1n) is 8.09. The second kappa shape index (κ2) is 8.16. The van der Waals surface area contributed by atoms with Crippen molar-refractivity contribution in [2.45, 2.75) is 24.8 Å². The van der Waals surface area contributed by atoms with E-state index in [9.17, 15) is 13.2 Å². The van der Waals surface area contributed by atoms with E-state index in [1.807, 2.05) is 38.1 Å². The number of hydrogen-bond acceptors (Lipinski definition) is 5. The van der Waals surface area contributed by atoms with Gasteiger partial charge in [0, 0.05) is 19.8 Å². The van der Waals surface area contributed by atoms with Crippen molar-refractivity contribution in [3.05, 3.63) is 59.7 Å². The number of esters is 1. The Morgan fingerprint density at radius 1 is 1.00 bits per heavy atom. The zero-order chi connectivity index (χ0) is 18.4. The van der Waals surface area contributed by atoms with Gasteiger partial charge in [0.15, 0.2) is 9.84 Å². The summed E-state index contributed by atoms with van der Waals surface area (Å²) >= 11 is 0. The van der Waals surface area contributed by atoms with Gasteiger partial charge in [-0.05, 0) is 48.4 Å². The molecule has 0 aliphatic carbocycles. The Kier molecular flexibility index (Phi) is 6.20. The zero-order valence-electron chi connectivity index (χ0n) is 14.7. The van der Waals surface area contributed by atoms with Crippen molar-refractivity contribution in [3.8, 4) is 0 Å². The molecule has 0 amide bonds. The molecule has 2 aromatic rings. The van der Waals surface area contributed by atoms with Crippen molar-refractivity contribution in [3.63, 3.8) is 0 Å². The Morgan fingerprint density at radius 3 is 2.12 bits per heavy atom. The average molecular weight is 361 g/mol. The molecule has 0 spiro atoms. The summed E-state index contributed by atoms with van der Waals surface area (Å²) in [6.07, 6.45) is 0.578. The molecule has 0 bridgehead atoms. The van der Waals surface area contributed by atoms with Gasteiger partial charge >= 0.3 is 5.97 Å². The molecule has 0 atom stereocenters. The molecule has 0 saturated heterocycles. The van der Waals surface area contributed by atoms with Gasteiger partial charge in [-0.25, -0.2) is 13.2 Å². The molecule has 134 valence electrons. The monoisotopic (exact) mass is 361 g/mol. The minimum Gasteiger partial charge on any atom is -0.457 e. The smallest absolute Gasteiger partial charge is 0.338 e. The fraction of sp³-hybridized carbons (Fsp3) is 0.316.